The number of nitrogens with zero attached hydrogens (tertiary/aromatic N) is 3. The van der Waals surface area contributed by atoms with E-state index in [1.807, 2.05) is 12.1 Å². The number of morpholine rings is 1. The number of nitrogens with one attached hydrogen (secondary N) is 1. The van der Waals surface area contributed by atoms with E-state index in [9.17, 15) is 13.2 Å². The molecule has 1 aromatic heterocycles. The van der Waals surface area contributed by atoms with E-state index in [0.717, 1.165) is 18.7 Å². The van der Waals surface area contributed by atoms with Crippen LogP contribution in [0.25, 0.3) is 11.3 Å². The molecule has 10 heteroatoms. The van der Waals surface area contributed by atoms with Crippen LogP contribution in [0.3, 0.4) is 0 Å². The molecule has 32 heavy (non-hydrogen) atoms. The minimum Gasteiger partial charge on any atom is -0.379 e. The lowest BCUT2D eigenvalue weighted by atomic mass is 10.0. The van der Waals surface area contributed by atoms with Crippen molar-refractivity contribution in [1.82, 2.24) is 20.0 Å². The van der Waals surface area contributed by atoms with Crippen LogP contribution in [0.1, 0.15) is 36.8 Å². The number of carbonyl (C=O) groups excluding carboxylic acids is 1. The van der Waals surface area contributed by atoms with Crippen LogP contribution in [0.2, 0.25) is 5.02 Å². The maximum atomic E-state index is 13.0. The molecule has 0 radical (unpaired) electrons. The van der Waals surface area contributed by atoms with Crippen LogP contribution >= 0.6 is 11.6 Å². The second-order valence-electron chi connectivity index (χ2n) is 9.02. The first-order chi connectivity index (χ1) is 15.1. The molecule has 3 heterocycles. The lowest BCUT2D eigenvalue weighted by molar-refractivity contribution is -0.00924. The van der Waals surface area contributed by atoms with Crippen LogP contribution in [0, 0.1) is 0 Å². The van der Waals surface area contributed by atoms with Gasteiger partial charge >= 0.3 is 0 Å². The van der Waals surface area contributed by atoms with Crippen LogP contribution < -0.4 is 5.32 Å². The summed E-state index contributed by atoms with van der Waals surface area (Å²) in [5, 5.41) is 8.15. The third-order valence-electron chi connectivity index (χ3n) is 6.21. The Bertz CT molecular complexity index is 1080. The fourth-order valence-electron chi connectivity index (χ4n) is 4.26. The molecule has 2 aromatic rings. The van der Waals surface area contributed by atoms with Gasteiger partial charge in [0.1, 0.15) is 0 Å². The molecule has 0 bridgehead atoms. The van der Waals surface area contributed by atoms with Crippen molar-refractivity contribution in [3.8, 4) is 11.3 Å². The summed E-state index contributed by atoms with van der Waals surface area (Å²) in [5.74, 6) is -0.117. The fraction of sp³-hybridized carbons (Fsp3) is 0.545. The summed E-state index contributed by atoms with van der Waals surface area (Å²) in [6, 6.07) is 8.67. The van der Waals surface area contributed by atoms with Crippen molar-refractivity contribution in [3.63, 3.8) is 0 Å². The van der Waals surface area contributed by atoms with Gasteiger partial charge in [-0.05, 0) is 44.0 Å². The molecule has 1 amide bonds. The molecule has 2 aliphatic rings. The van der Waals surface area contributed by atoms with Crippen LogP contribution in [0.4, 0.5) is 0 Å². The van der Waals surface area contributed by atoms with Gasteiger partial charge in [0, 0.05) is 30.2 Å². The number of hydrogen-bond acceptors (Lipinski definition) is 6. The average Bonchev–Trinajstić information content (AvgIpc) is 3.37. The molecule has 1 aromatic carbocycles. The molecule has 1 N–H and O–H groups in total. The maximum Gasteiger partial charge on any atom is 0.271 e. The summed E-state index contributed by atoms with van der Waals surface area (Å²) < 4.78 is 31.2. The van der Waals surface area contributed by atoms with E-state index in [0.29, 0.717) is 36.9 Å². The highest BCUT2D eigenvalue weighted by Gasteiger charge is 2.33. The summed E-state index contributed by atoms with van der Waals surface area (Å²) in [6.45, 7) is 7.70. The summed E-state index contributed by atoms with van der Waals surface area (Å²) >= 11 is 6.03. The van der Waals surface area contributed by atoms with Crippen molar-refractivity contribution in [2.45, 2.75) is 31.8 Å². The minimum absolute atomic E-state index is 0.0282. The fourth-order valence-corrected chi connectivity index (χ4v) is 6.07. The zero-order chi connectivity index (χ0) is 22.9. The van der Waals surface area contributed by atoms with Crippen molar-refractivity contribution in [3.05, 3.63) is 41.0 Å². The van der Waals surface area contributed by atoms with Gasteiger partial charge in [0.15, 0.2) is 15.5 Å². The molecule has 2 saturated heterocycles. The lowest BCUT2D eigenvalue weighted by Crippen LogP contribution is -2.55. The second kappa shape index (κ2) is 9.13. The highest BCUT2D eigenvalue weighted by Crippen LogP contribution is 2.30. The van der Waals surface area contributed by atoms with Crippen LogP contribution in [0.5, 0.6) is 0 Å². The Morgan fingerprint density at radius 2 is 1.94 bits per heavy atom. The summed E-state index contributed by atoms with van der Waals surface area (Å²) in [6.07, 6.45) is 0.482. The number of halogens is 1. The van der Waals surface area contributed by atoms with E-state index in [-0.39, 0.29) is 34.7 Å². The van der Waals surface area contributed by atoms with E-state index in [2.05, 4.69) is 29.2 Å². The van der Waals surface area contributed by atoms with Gasteiger partial charge in [0.25, 0.3) is 5.91 Å². The van der Waals surface area contributed by atoms with Gasteiger partial charge in [-0.25, -0.2) is 8.42 Å². The van der Waals surface area contributed by atoms with Crippen molar-refractivity contribution < 1.29 is 17.9 Å². The molecule has 0 aliphatic carbocycles. The van der Waals surface area contributed by atoms with Crippen LogP contribution in [-0.2, 0) is 14.6 Å². The molecule has 0 spiro atoms. The SMILES string of the molecule is CC(C)(CNC(=O)c1cc(-c2ccc(Cl)cc2)n([C@@H]2CCS(=O)(=O)C2)n1)N1CCOCC1. The van der Waals surface area contributed by atoms with E-state index >= 15 is 0 Å². The molecule has 0 unspecified atom stereocenters. The Kier molecular flexibility index (Phi) is 6.63. The first-order valence-corrected chi connectivity index (χ1v) is 13.0. The van der Waals surface area contributed by atoms with Gasteiger partial charge in [-0.2, -0.15) is 5.10 Å². The smallest absolute Gasteiger partial charge is 0.271 e. The first kappa shape index (κ1) is 23.2. The van der Waals surface area contributed by atoms with E-state index in [1.165, 1.54) is 0 Å². The van der Waals surface area contributed by atoms with Crippen molar-refractivity contribution in [2.75, 3.05) is 44.4 Å². The van der Waals surface area contributed by atoms with Crippen LogP contribution in [-0.4, -0.2) is 78.9 Å². The third-order valence-corrected chi connectivity index (χ3v) is 8.21. The quantitative estimate of drug-likeness (QED) is 0.682. The minimum atomic E-state index is -3.10. The molecule has 1 atom stereocenters. The predicted octanol–water partition coefficient (Wildman–Crippen LogP) is 2.40. The second-order valence-corrected chi connectivity index (χ2v) is 11.7. The van der Waals surface area contributed by atoms with Gasteiger partial charge in [-0.1, -0.05) is 23.7 Å². The molecule has 2 fully saturated rings. The number of aromatic nitrogens is 2. The highest BCUT2D eigenvalue weighted by atomic mass is 35.5. The molecule has 8 nitrogen and oxygen atoms in total. The lowest BCUT2D eigenvalue weighted by Gasteiger charge is -2.40. The topological polar surface area (TPSA) is 93.5 Å². The normalized spacial score (nSPS) is 21.5. The Morgan fingerprint density at radius 1 is 1.25 bits per heavy atom. The maximum absolute atomic E-state index is 13.0. The zero-order valence-corrected chi connectivity index (χ0v) is 20.0. The Morgan fingerprint density at radius 3 is 2.56 bits per heavy atom. The standard InChI is InChI=1S/C22H29ClN4O4S/c1-22(2,26-8-10-31-11-9-26)15-24-21(28)19-13-20(16-3-5-17(23)6-4-16)27(25-19)18-7-12-32(29,30)14-18/h3-6,13,18H,7-12,14-15H2,1-2H3,(H,24,28)/t18-/m1/s1. The van der Waals surface area contributed by atoms with Crippen molar-refractivity contribution >= 4 is 27.3 Å². The number of sulfone groups is 1. The van der Waals surface area contributed by atoms with Gasteiger partial charge in [-0.3, -0.25) is 14.4 Å². The molecular formula is C22H29ClN4O4S. The number of hydrogen-bond donors (Lipinski definition) is 1. The highest BCUT2D eigenvalue weighted by molar-refractivity contribution is 7.91. The van der Waals surface area contributed by atoms with E-state index in [1.54, 1.807) is 22.9 Å². The van der Waals surface area contributed by atoms with Gasteiger partial charge in [-0.15, -0.1) is 0 Å². The first-order valence-electron chi connectivity index (χ1n) is 10.8. The molecule has 174 valence electrons. The molecule has 4 rings (SSSR count). The Hall–Kier alpha value is -1.94. The Labute approximate surface area is 193 Å². The third kappa shape index (κ3) is 5.17. The number of benzene rings is 1. The van der Waals surface area contributed by atoms with Gasteiger partial charge in [0.05, 0.1) is 36.5 Å². The Balaban J connectivity index is 1.56. The zero-order valence-electron chi connectivity index (χ0n) is 18.4. The van der Waals surface area contributed by atoms with Gasteiger partial charge < -0.3 is 10.1 Å². The predicted molar refractivity (Wildman–Crippen MR) is 124 cm³/mol. The largest absolute Gasteiger partial charge is 0.379 e. The number of ether oxygens (including phenoxy) is 1. The number of amides is 1. The average molecular weight is 481 g/mol. The number of carbonyl (C=O) groups is 1. The van der Waals surface area contributed by atoms with E-state index < -0.39 is 9.84 Å². The number of rotatable bonds is 6. The summed E-state index contributed by atoms with van der Waals surface area (Å²) in [5.41, 5.74) is 1.60. The monoisotopic (exact) mass is 480 g/mol. The van der Waals surface area contributed by atoms with Crippen molar-refractivity contribution in [2.24, 2.45) is 0 Å². The van der Waals surface area contributed by atoms with E-state index in [4.69, 9.17) is 16.3 Å². The molecule has 2 aliphatic heterocycles. The summed E-state index contributed by atoms with van der Waals surface area (Å²) in [7, 11) is -3.10. The van der Waals surface area contributed by atoms with Crippen LogP contribution in [0.15, 0.2) is 30.3 Å². The van der Waals surface area contributed by atoms with Crippen molar-refractivity contribution in [1.29, 1.82) is 0 Å². The molecule has 0 saturated carbocycles. The van der Waals surface area contributed by atoms with Gasteiger partial charge in [0.2, 0.25) is 0 Å². The molecular weight excluding hydrogens is 452 g/mol. The summed E-state index contributed by atoms with van der Waals surface area (Å²) in [4.78, 5) is 15.3.